The Morgan fingerprint density at radius 3 is 2.89 bits per heavy atom. The number of nitrogens with zero attached hydrogens (tertiary/aromatic N) is 2. The van der Waals surface area contributed by atoms with Crippen molar-refractivity contribution in [3.05, 3.63) is 52.2 Å². The molecule has 9 nitrogen and oxygen atoms in total. The fraction of sp³-hybridized carbons (Fsp3) is 0.263. The molecule has 1 aliphatic heterocycles. The minimum absolute atomic E-state index is 0.0509. The molecule has 28 heavy (non-hydrogen) atoms. The monoisotopic (exact) mass is 382 g/mol. The first-order chi connectivity index (χ1) is 13.5. The molecule has 0 bridgehead atoms. The van der Waals surface area contributed by atoms with E-state index in [9.17, 15) is 14.4 Å². The summed E-state index contributed by atoms with van der Waals surface area (Å²) in [6.45, 7) is 3.52. The standard InChI is InChI=1S/C19H18N4O5/c1-3-27-18(25)14-10(2)21-19(26)22-12(14)8-23-9-20-15-11-6-4-5-7-13(11)28-16(15)17(23)24/h4-7,9-10H,3,8H2,1-2H3,(H2,21,22,26). The first kappa shape index (κ1) is 17.8. The molecule has 4 rings (SSSR count). The van der Waals surface area contributed by atoms with E-state index in [0.29, 0.717) is 11.1 Å². The highest BCUT2D eigenvalue weighted by Gasteiger charge is 2.30. The number of carbonyl (C=O) groups excluding carboxylic acids is 2. The zero-order chi connectivity index (χ0) is 19.8. The summed E-state index contributed by atoms with van der Waals surface area (Å²) in [5.41, 5.74) is 1.30. The minimum Gasteiger partial charge on any atom is -0.463 e. The van der Waals surface area contributed by atoms with Gasteiger partial charge in [-0.1, -0.05) is 12.1 Å². The van der Waals surface area contributed by atoms with Crippen LogP contribution in [0.4, 0.5) is 4.79 Å². The lowest BCUT2D eigenvalue weighted by atomic mass is 10.0. The van der Waals surface area contributed by atoms with Crippen molar-refractivity contribution < 1.29 is 18.7 Å². The third-order valence-corrected chi connectivity index (χ3v) is 4.54. The van der Waals surface area contributed by atoms with Gasteiger partial charge in [-0.3, -0.25) is 9.36 Å². The number of fused-ring (bicyclic) bond motifs is 3. The summed E-state index contributed by atoms with van der Waals surface area (Å²) in [4.78, 5) is 41.5. The number of ether oxygens (including phenoxy) is 1. The number of urea groups is 1. The molecule has 2 amide bonds. The quantitative estimate of drug-likeness (QED) is 0.663. The maximum absolute atomic E-state index is 12.9. The van der Waals surface area contributed by atoms with Gasteiger partial charge >= 0.3 is 12.0 Å². The molecule has 1 aliphatic rings. The van der Waals surface area contributed by atoms with Crippen LogP contribution < -0.4 is 16.2 Å². The van der Waals surface area contributed by atoms with Crippen LogP contribution in [-0.4, -0.2) is 34.2 Å². The Kier molecular flexibility index (Phi) is 4.34. The van der Waals surface area contributed by atoms with Crippen LogP contribution in [0.25, 0.3) is 22.1 Å². The number of amides is 2. The van der Waals surface area contributed by atoms with Crippen LogP contribution >= 0.6 is 0 Å². The normalized spacial score (nSPS) is 16.9. The van der Waals surface area contributed by atoms with Crippen molar-refractivity contribution >= 4 is 34.1 Å². The van der Waals surface area contributed by atoms with Crippen molar-refractivity contribution in [2.24, 2.45) is 0 Å². The molecular formula is C19H18N4O5. The number of furan rings is 1. The average Bonchev–Trinajstić information content (AvgIpc) is 3.03. The maximum Gasteiger partial charge on any atom is 0.337 e. The molecule has 1 atom stereocenters. The molecule has 0 saturated heterocycles. The van der Waals surface area contributed by atoms with E-state index in [4.69, 9.17) is 9.15 Å². The van der Waals surface area contributed by atoms with Gasteiger partial charge < -0.3 is 19.8 Å². The van der Waals surface area contributed by atoms with Gasteiger partial charge in [0.1, 0.15) is 11.1 Å². The van der Waals surface area contributed by atoms with E-state index in [1.54, 1.807) is 19.9 Å². The Bertz CT molecular complexity index is 1190. The molecule has 0 spiro atoms. The molecule has 0 fully saturated rings. The molecule has 144 valence electrons. The number of carbonyl (C=O) groups is 2. The molecule has 2 N–H and O–H groups in total. The Morgan fingerprint density at radius 2 is 2.11 bits per heavy atom. The number of hydrogen-bond donors (Lipinski definition) is 2. The van der Waals surface area contributed by atoms with Gasteiger partial charge in [0.15, 0.2) is 0 Å². The molecule has 3 aromatic rings. The number of hydrogen-bond acceptors (Lipinski definition) is 6. The number of rotatable bonds is 4. The van der Waals surface area contributed by atoms with Crippen molar-refractivity contribution in [1.82, 2.24) is 20.2 Å². The van der Waals surface area contributed by atoms with Crippen molar-refractivity contribution in [1.29, 1.82) is 0 Å². The van der Waals surface area contributed by atoms with Gasteiger partial charge in [-0.25, -0.2) is 14.6 Å². The zero-order valence-electron chi connectivity index (χ0n) is 15.3. The van der Waals surface area contributed by atoms with Gasteiger partial charge in [-0.2, -0.15) is 0 Å². The molecule has 1 aromatic carbocycles. The minimum atomic E-state index is -0.554. The summed E-state index contributed by atoms with van der Waals surface area (Å²) in [5, 5.41) is 5.96. The van der Waals surface area contributed by atoms with Crippen molar-refractivity contribution in [2.75, 3.05) is 6.61 Å². The topological polar surface area (TPSA) is 115 Å². The fourth-order valence-corrected chi connectivity index (χ4v) is 3.30. The second kappa shape index (κ2) is 6.84. The van der Waals surface area contributed by atoms with E-state index in [1.165, 1.54) is 10.9 Å². The van der Waals surface area contributed by atoms with Crippen LogP contribution in [0.5, 0.6) is 0 Å². The van der Waals surface area contributed by atoms with E-state index < -0.39 is 23.6 Å². The molecule has 2 aromatic heterocycles. The molecule has 0 saturated carbocycles. The summed E-state index contributed by atoms with van der Waals surface area (Å²) < 4.78 is 12.0. The van der Waals surface area contributed by atoms with E-state index in [1.807, 2.05) is 18.2 Å². The number of benzene rings is 1. The van der Waals surface area contributed by atoms with E-state index in [0.717, 1.165) is 5.39 Å². The van der Waals surface area contributed by atoms with E-state index in [2.05, 4.69) is 15.6 Å². The Labute approximate surface area is 159 Å². The highest BCUT2D eigenvalue weighted by molar-refractivity contribution is 6.01. The molecule has 3 heterocycles. The van der Waals surface area contributed by atoms with Crippen LogP contribution in [0, 0.1) is 0 Å². The number of nitrogens with one attached hydrogen (secondary N) is 2. The highest BCUT2D eigenvalue weighted by atomic mass is 16.5. The lowest BCUT2D eigenvalue weighted by Gasteiger charge is -2.26. The smallest absolute Gasteiger partial charge is 0.337 e. The van der Waals surface area contributed by atoms with Crippen LogP contribution in [-0.2, 0) is 16.1 Å². The Balaban J connectivity index is 1.81. The van der Waals surface area contributed by atoms with Gasteiger partial charge in [0, 0.05) is 5.39 Å². The Hall–Kier alpha value is -3.62. The molecular weight excluding hydrogens is 364 g/mol. The lowest BCUT2D eigenvalue weighted by molar-refractivity contribution is -0.139. The average molecular weight is 382 g/mol. The first-order valence-electron chi connectivity index (χ1n) is 8.84. The predicted octanol–water partition coefficient (Wildman–Crippen LogP) is 1.66. The van der Waals surface area contributed by atoms with E-state index in [-0.39, 0.29) is 30.0 Å². The highest BCUT2D eigenvalue weighted by Crippen LogP contribution is 2.24. The van der Waals surface area contributed by atoms with Crippen LogP contribution in [0.15, 0.2) is 51.1 Å². The summed E-state index contributed by atoms with van der Waals surface area (Å²) >= 11 is 0. The van der Waals surface area contributed by atoms with Crippen LogP contribution in [0.3, 0.4) is 0 Å². The second-order valence-corrected chi connectivity index (χ2v) is 6.39. The maximum atomic E-state index is 12.9. The van der Waals surface area contributed by atoms with Gasteiger partial charge in [-0.15, -0.1) is 0 Å². The summed E-state index contributed by atoms with van der Waals surface area (Å²) in [6, 6.07) is 6.23. The second-order valence-electron chi connectivity index (χ2n) is 6.39. The molecule has 0 aliphatic carbocycles. The number of para-hydroxylation sites is 1. The number of allylic oxidation sites excluding steroid dienone is 1. The van der Waals surface area contributed by atoms with Crippen LogP contribution in [0.2, 0.25) is 0 Å². The first-order valence-corrected chi connectivity index (χ1v) is 8.84. The number of esters is 1. The van der Waals surface area contributed by atoms with Crippen LogP contribution in [0.1, 0.15) is 13.8 Å². The fourth-order valence-electron chi connectivity index (χ4n) is 3.30. The molecule has 9 heteroatoms. The summed E-state index contributed by atoms with van der Waals surface area (Å²) in [7, 11) is 0. The molecule has 1 unspecified atom stereocenters. The van der Waals surface area contributed by atoms with Crippen molar-refractivity contribution in [2.45, 2.75) is 26.4 Å². The Morgan fingerprint density at radius 1 is 1.32 bits per heavy atom. The summed E-state index contributed by atoms with van der Waals surface area (Å²) in [6.07, 6.45) is 1.38. The SMILES string of the molecule is CCOC(=O)C1=C(Cn2cnc3c(oc4ccccc43)c2=O)NC(=O)NC1C. The van der Waals surface area contributed by atoms with Gasteiger partial charge in [0.05, 0.1) is 36.8 Å². The summed E-state index contributed by atoms with van der Waals surface area (Å²) in [5.74, 6) is -0.552. The largest absolute Gasteiger partial charge is 0.463 e. The van der Waals surface area contributed by atoms with Gasteiger partial charge in [0.25, 0.3) is 5.56 Å². The number of aromatic nitrogens is 2. The third-order valence-electron chi connectivity index (χ3n) is 4.54. The van der Waals surface area contributed by atoms with Gasteiger partial charge in [0.2, 0.25) is 5.58 Å². The third kappa shape index (κ3) is 2.90. The molecule has 0 radical (unpaired) electrons. The predicted molar refractivity (Wildman–Crippen MR) is 101 cm³/mol. The van der Waals surface area contributed by atoms with E-state index >= 15 is 0 Å². The van der Waals surface area contributed by atoms with Crippen molar-refractivity contribution in [3.8, 4) is 0 Å². The zero-order valence-corrected chi connectivity index (χ0v) is 15.3. The van der Waals surface area contributed by atoms with Crippen molar-refractivity contribution in [3.63, 3.8) is 0 Å². The van der Waals surface area contributed by atoms with Gasteiger partial charge in [-0.05, 0) is 26.0 Å². The lowest BCUT2D eigenvalue weighted by Crippen LogP contribution is -2.50.